The van der Waals surface area contributed by atoms with E-state index in [4.69, 9.17) is 9.11 Å². The number of unbranched alkanes of at least 4 members (excludes halogenated alkanes) is 3. The first-order chi connectivity index (χ1) is 6.71. The van der Waals surface area contributed by atoms with Gasteiger partial charge in [-0.3, -0.25) is 9.11 Å². The van der Waals surface area contributed by atoms with Gasteiger partial charge in [-0.1, -0.05) is 12.5 Å². The highest BCUT2D eigenvalue weighted by Gasteiger charge is 2.02. The summed E-state index contributed by atoms with van der Waals surface area (Å²) in [6.07, 6.45) is 3.23. The number of allylic oxidation sites excluding steroid dienone is 1. The van der Waals surface area contributed by atoms with Crippen molar-refractivity contribution in [2.75, 3.05) is 5.75 Å². The Hall–Kier alpha value is -0.440. The smallest absolute Gasteiger partial charge is 0.286 e. The summed E-state index contributed by atoms with van der Waals surface area (Å²) in [5.41, 5.74) is 0. The van der Waals surface area contributed by atoms with E-state index in [0.717, 1.165) is 0 Å². The second kappa shape index (κ2) is 6.21. The zero-order valence-electron chi connectivity index (χ0n) is 8.03. The highest BCUT2D eigenvalue weighted by molar-refractivity contribution is 7.88. The van der Waals surface area contributed by atoms with Crippen LogP contribution in [0.25, 0.3) is 0 Å². The molecular weight excluding hydrogens is 244 g/mol. The molecule has 0 aromatic rings. The molecule has 0 atom stereocenters. The van der Waals surface area contributed by atoms with E-state index in [0.29, 0.717) is 31.1 Å². The van der Waals surface area contributed by atoms with E-state index < -0.39 is 20.2 Å². The lowest BCUT2D eigenvalue weighted by molar-refractivity contribution is 0.479. The van der Waals surface area contributed by atoms with Gasteiger partial charge in [-0.2, -0.15) is 16.8 Å². The molecule has 0 aliphatic heterocycles. The topological polar surface area (TPSA) is 109 Å². The van der Waals surface area contributed by atoms with Crippen LogP contribution in [0.3, 0.4) is 0 Å². The molecule has 0 heterocycles. The van der Waals surface area contributed by atoms with Crippen molar-refractivity contribution in [1.82, 2.24) is 0 Å². The molecule has 0 saturated heterocycles. The molecule has 0 saturated carbocycles. The van der Waals surface area contributed by atoms with Crippen molar-refractivity contribution in [3.63, 3.8) is 0 Å². The second-order valence-corrected chi connectivity index (χ2v) is 5.90. The van der Waals surface area contributed by atoms with Crippen LogP contribution < -0.4 is 0 Å². The van der Waals surface area contributed by atoms with Gasteiger partial charge in [0.2, 0.25) is 0 Å². The monoisotopic (exact) mass is 258 g/mol. The Morgan fingerprint density at radius 3 is 2.00 bits per heavy atom. The zero-order chi connectivity index (χ0) is 11.9. The van der Waals surface area contributed by atoms with Crippen molar-refractivity contribution in [1.29, 1.82) is 0 Å². The molecule has 0 aliphatic carbocycles. The Kier molecular flexibility index (Phi) is 6.03. The van der Waals surface area contributed by atoms with Crippen molar-refractivity contribution in [3.8, 4) is 0 Å². The molecule has 0 radical (unpaired) electrons. The summed E-state index contributed by atoms with van der Waals surface area (Å²) in [4.78, 5) is 0. The normalized spacial score (nSPS) is 13.5. The average molecular weight is 258 g/mol. The molecular formula is C7H14O6S2. The molecule has 0 aromatic heterocycles. The first kappa shape index (κ1) is 14.6. The van der Waals surface area contributed by atoms with Gasteiger partial charge < -0.3 is 0 Å². The van der Waals surface area contributed by atoms with E-state index in [1.807, 2.05) is 0 Å². The molecule has 0 fully saturated rings. The van der Waals surface area contributed by atoms with Gasteiger partial charge in [-0.15, -0.1) is 0 Å². The quantitative estimate of drug-likeness (QED) is 0.517. The third-order valence-corrected chi connectivity index (χ3v) is 2.88. The van der Waals surface area contributed by atoms with Gasteiger partial charge in [-0.25, -0.2) is 0 Å². The number of rotatable bonds is 7. The lowest BCUT2D eigenvalue weighted by atomic mass is 10.2. The highest BCUT2D eigenvalue weighted by atomic mass is 32.2. The maximum Gasteiger partial charge on any atom is 0.287 e. The third kappa shape index (κ3) is 13.6. The highest BCUT2D eigenvalue weighted by Crippen LogP contribution is 2.03. The fourth-order valence-corrected chi connectivity index (χ4v) is 1.86. The molecule has 0 aromatic carbocycles. The third-order valence-electron chi connectivity index (χ3n) is 1.54. The van der Waals surface area contributed by atoms with Crippen LogP contribution in [0.5, 0.6) is 0 Å². The Bertz CT molecular complexity index is 391. The van der Waals surface area contributed by atoms with Crippen LogP contribution in [0.1, 0.15) is 25.7 Å². The van der Waals surface area contributed by atoms with Crippen molar-refractivity contribution >= 4 is 20.2 Å². The molecule has 2 N–H and O–H groups in total. The van der Waals surface area contributed by atoms with Crippen LogP contribution in [-0.4, -0.2) is 31.7 Å². The zero-order valence-corrected chi connectivity index (χ0v) is 9.67. The Balaban J connectivity index is 3.54. The van der Waals surface area contributed by atoms with Gasteiger partial charge in [0.15, 0.2) is 0 Å². The number of hydrogen-bond donors (Lipinski definition) is 2. The molecule has 8 heteroatoms. The van der Waals surface area contributed by atoms with Crippen LogP contribution in [-0.2, 0) is 20.2 Å². The Labute approximate surface area is 89.5 Å². The number of hydrogen-bond acceptors (Lipinski definition) is 4. The molecule has 90 valence electrons. The van der Waals surface area contributed by atoms with E-state index in [9.17, 15) is 16.8 Å². The predicted molar refractivity (Wildman–Crippen MR) is 55.6 cm³/mol. The van der Waals surface area contributed by atoms with Gasteiger partial charge in [0.25, 0.3) is 20.2 Å². The summed E-state index contributed by atoms with van der Waals surface area (Å²) in [7, 11) is -7.95. The van der Waals surface area contributed by atoms with E-state index in [1.165, 1.54) is 6.08 Å². The fraction of sp³-hybridized carbons (Fsp3) is 0.714. The van der Waals surface area contributed by atoms with Crippen molar-refractivity contribution < 1.29 is 25.9 Å². The van der Waals surface area contributed by atoms with Crippen LogP contribution >= 0.6 is 0 Å². The van der Waals surface area contributed by atoms with Crippen LogP contribution in [0.15, 0.2) is 11.5 Å². The molecule has 6 nitrogen and oxygen atoms in total. The van der Waals surface area contributed by atoms with Crippen LogP contribution in [0, 0.1) is 0 Å². The summed E-state index contributed by atoms with van der Waals surface area (Å²) in [6.45, 7) is 0. The SMILES string of the molecule is O=S(=O)(O)C=CCCCCCS(=O)(=O)O. The van der Waals surface area contributed by atoms with E-state index >= 15 is 0 Å². The summed E-state index contributed by atoms with van der Waals surface area (Å²) < 4.78 is 57.7. The molecule has 0 rings (SSSR count). The summed E-state index contributed by atoms with van der Waals surface area (Å²) >= 11 is 0. The van der Waals surface area contributed by atoms with Crippen LogP contribution in [0.4, 0.5) is 0 Å². The summed E-state index contributed by atoms with van der Waals surface area (Å²) in [5.74, 6) is -0.283. The van der Waals surface area contributed by atoms with Crippen molar-refractivity contribution in [2.45, 2.75) is 25.7 Å². The van der Waals surface area contributed by atoms with Gasteiger partial charge >= 0.3 is 0 Å². The van der Waals surface area contributed by atoms with Crippen LogP contribution in [0.2, 0.25) is 0 Å². The average Bonchev–Trinajstić information content (AvgIpc) is 1.98. The Morgan fingerprint density at radius 2 is 1.53 bits per heavy atom. The minimum Gasteiger partial charge on any atom is -0.286 e. The fourth-order valence-electron chi connectivity index (χ4n) is 0.913. The first-order valence-electron chi connectivity index (χ1n) is 4.30. The van der Waals surface area contributed by atoms with Gasteiger partial charge in [0.05, 0.1) is 11.2 Å². The second-order valence-electron chi connectivity index (χ2n) is 3.02. The molecule has 0 spiro atoms. The largest absolute Gasteiger partial charge is 0.287 e. The lowest BCUT2D eigenvalue weighted by Gasteiger charge is -1.96. The van der Waals surface area contributed by atoms with Crippen molar-refractivity contribution in [2.24, 2.45) is 0 Å². The van der Waals surface area contributed by atoms with E-state index in [-0.39, 0.29) is 5.75 Å². The standard InChI is InChI=1S/C7H14O6S2/c8-14(9,10)6-4-2-1-3-5-7-15(11,12)13/h4,6H,1-3,5,7H2,(H,8,9,10)(H,11,12,13). The van der Waals surface area contributed by atoms with Gasteiger partial charge in [0, 0.05) is 0 Å². The predicted octanol–water partition coefficient (Wildman–Crippen LogP) is 0.836. The molecule has 0 bridgehead atoms. The summed E-state index contributed by atoms with van der Waals surface area (Å²) in [6, 6.07) is 0. The minimum absolute atomic E-state index is 0.283. The van der Waals surface area contributed by atoms with Gasteiger partial charge in [-0.05, 0) is 19.3 Å². The van der Waals surface area contributed by atoms with Gasteiger partial charge in [0.1, 0.15) is 0 Å². The summed E-state index contributed by atoms with van der Waals surface area (Å²) in [5, 5.41) is 0.690. The maximum absolute atomic E-state index is 10.3. The molecule has 15 heavy (non-hydrogen) atoms. The van der Waals surface area contributed by atoms with Crippen molar-refractivity contribution in [3.05, 3.63) is 11.5 Å². The minimum atomic E-state index is -4.06. The van der Waals surface area contributed by atoms with E-state index in [1.54, 1.807) is 0 Å². The van der Waals surface area contributed by atoms with E-state index in [2.05, 4.69) is 0 Å². The lowest BCUT2D eigenvalue weighted by Crippen LogP contribution is -2.03. The Morgan fingerprint density at radius 1 is 0.933 bits per heavy atom. The maximum atomic E-state index is 10.3. The molecule has 0 aliphatic rings. The molecule has 0 unspecified atom stereocenters. The first-order valence-corrected chi connectivity index (χ1v) is 7.41. The molecule has 0 amide bonds.